The minimum atomic E-state index is -0.669. The van der Waals surface area contributed by atoms with E-state index in [1.54, 1.807) is 25.1 Å². The second-order valence-corrected chi connectivity index (χ2v) is 5.33. The van der Waals surface area contributed by atoms with Gasteiger partial charge >= 0.3 is 11.9 Å². The molecule has 0 spiro atoms. The summed E-state index contributed by atoms with van der Waals surface area (Å²) >= 11 is 0. The monoisotopic (exact) mass is 358 g/mol. The highest BCUT2D eigenvalue weighted by atomic mass is 19.1. The van der Waals surface area contributed by atoms with Crippen LogP contribution in [0.25, 0.3) is 5.69 Å². The van der Waals surface area contributed by atoms with Crippen LogP contribution in [0.5, 0.6) is 0 Å². The average molecular weight is 358 g/mol. The molecule has 0 atom stereocenters. The lowest BCUT2D eigenvalue weighted by Crippen LogP contribution is -2.10. The topological polar surface area (TPSA) is 83.6 Å². The van der Waals surface area contributed by atoms with E-state index in [1.165, 1.54) is 36.4 Å². The number of aromatic nitrogens is 2. The van der Waals surface area contributed by atoms with Crippen molar-refractivity contribution in [1.29, 1.82) is 0 Å². The number of esters is 2. The number of carbonyl (C=O) groups excluding carboxylic acids is 2. The van der Waals surface area contributed by atoms with E-state index in [0.717, 1.165) is 0 Å². The molecule has 7 nitrogen and oxygen atoms in total. The summed E-state index contributed by atoms with van der Waals surface area (Å²) in [4.78, 5) is 23.9. The van der Waals surface area contributed by atoms with E-state index in [1.807, 2.05) is 0 Å². The third kappa shape index (κ3) is 3.21. The third-order valence-corrected chi connectivity index (χ3v) is 3.80. The summed E-state index contributed by atoms with van der Waals surface area (Å²) in [5.74, 6) is -1.55. The van der Waals surface area contributed by atoms with Crippen LogP contribution in [0.3, 0.4) is 0 Å². The zero-order valence-corrected chi connectivity index (χ0v) is 14.1. The highest BCUT2D eigenvalue weighted by Gasteiger charge is 2.20. The van der Waals surface area contributed by atoms with Crippen molar-refractivity contribution in [2.75, 3.05) is 7.11 Å². The van der Waals surface area contributed by atoms with Crippen LogP contribution in [0.4, 0.5) is 4.39 Å². The molecule has 0 unspecified atom stereocenters. The molecule has 2 heterocycles. The van der Waals surface area contributed by atoms with Gasteiger partial charge in [0, 0.05) is 0 Å². The molecule has 134 valence electrons. The molecular weight excluding hydrogens is 343 g/mol. The van der Waals surface area contributed by atoms with Crippen LogP contribution in [-0.2, 0) is 16.1 Å². The van der Waals surface area contributed by atoms with E-state index in [9.17, 15) is 14.0 Å². The Morgan fingerprint density at radius 3 is 2.69 bits per heavy atom. The maximum Gasteiger partial charge on any atom is 0.342 e. The van der Waals surface area contributed by atoms with E-state index >= 15 is 0 Å². The summed E-state index contributed by atoms with van der Waals surface area (Å²) in [6, 6.07) is 7.52. The predicted octanol–water partition coefficient (Wildman–Crippen LogP) is 3.06. The van der Waals surface area contributed by atoms with Crippen molar-refractivity contribution in [3.63, 3.8) is 0 Å². The molecule has 0 saturated heterocycles. The normalized spacial score (nSPS) is 10.6. The number of benzene rings is 1. The van der Waals surface area contributed by atoms with Crippen molar-refractivity contribution in [2.24, 2.45) is 0 Å². The zero-order chi connectivity index (χ0) is 18.7. The first-order valence-electron chi connectivity index (χ1n) is 7.64. The van der Waals surface area contributed by atoms with Crippen LogP contribution in [-0.4, -0.2) is 28.8 Å². The fourth-order valence-electron chi connectivity index (χ4n) is 2.43. The van der Waals surface area contributed by atoms with Gasteiger partial charge in [0.25, 0.3) is 0 Å². The van der Waals surface area contributed by atoms with Crippen molar-refractivity contribution < 1.29 is 27.9 Å². The van der Waals surface area contributed by atoms with E-state index in [-0.39, 0.29) is 29.2 Å². The highest BCUT2D eigenvalue weighted by Crippen LogP contribution is 2.19. The van der Waals surface area contributed by atoms with Gasteiger partial charge < -0.3 is 13.9 Å². The van der Waals surface area contributed by atoms with Gasteiger partial charge in [-0.1, -0.05) is 12.1 Å². The SMILES string of the molecule is COC(=O)c1ccoc1COC(=O)c1cnn(-c2ccccc2F)c1C. The molecule has 0 bridgehead atoms. The van der Waals surface area contributed by atoms with Gasteiger partial charge in [-0.25, -0.2) is 18.7 Å². The Labute approximate surface area is 147 Å². The number of methoxy groups -OCH3 is 1. The largest absolute Gasteiger partial charge is 0.465 e. The summed E-state index contributed by atoms with van der Waals surface area (Å²) in [5.41, 5.74) is 1.01. The van der Waals surface area contributed by atoms with Crippen molar-refractivity contribution in [3.8, 4) is 5.69 Å². The number of ether oxygens (including phenoxy) is 2. The molecule has 0 aliphatic rings. The number of hydrogen-bond acceptors (Lipinski definition) is 6. The Hall–Kier alpha value is -3.42. The lowest BCUT2D eigenvalue weighted by Gasteiger charge is -2.07. The molecule has 0 saturated carbocycles. The fraction of sp³-hybridized carbons (Fsp3) is 0.167. The Kier molecular flexibility index (Phi) is 4.83. The molecule has 1 aromatic carbocycles. The smallest absolute Gasteiger partial charge is 0.342 e. The van der Waals surface area contributed by atoms with E-state index < -0.39 is 17.8 Å². The molecule has 3 aromatic rings. The number of nitrogens with zero attached hydrogens (tertiary/aromatic N) is 2. The second-order valence-electron chi connectivity index (χ2n) is 5.33. The maximum absolute atomic E-state index is 13.9. The first-order valence-corrected chi connectivity index (χ1v) is 7.64. The molecule has 0 amide bonds. The quantitative estimate of drug-likeness (QED) is 0.652. The molecule has 0 N–H and O–H groups in total. The Bertz CT molecular complexity index is 960. The van der Waals surface area contributed by atoms with Crippen LogP contribution in [0.1, 0.15) is 32.2 Å². The van der Waals surface area contributed by atoms with Gasteiger partial charge in [0.1, 0.15) is 22.6 Å². The molecule has 0 radical (unpaired) electrons. The number of para-hydroxylation sites is 1. The summed E-state index contributed by atoms with van der Waals surface area (Å²) in [6.07, 6.45) is 2.60. The fourth-order valence-corrected chi connectivity index (χ4v) is 2.43. The highest BCUT2D eigenvalue weighted by molar-refractivity contribution is 5.91. The van der Waals surface area contributed by atoms with Gasteiger partial charge in [-0.05, 0) is 25.1 Å². The third-order valence-electron chi connectivity index (χ3n) is 3.80. The molecular formula is C18H15FN2O5. The Morgan fingerprint density at radius 1 is 1.19 bits per heavy atom. The average Bonchev–Trinajstić information content (AvgIpc) is 3.26. The minimum Gasteiger partial charge on any atom is -0.465 e. The van der Waals surface area contributed by atoms with E-state index in [2.05, 4.69) is 9.84 Å². The van der Waals surface area contributed by atoms with Crippen LogP contribution >= 0.6 is 0 Å². The summed E-state index contributed by atoms with van der Waals surface area (Å²) < 4.78 is 30.2. The van der Waals surface area contributed by atoms with E-state index in [4.69, 9.17) is 9.15 Å². The van der Waals surface area contributed by atoms with Crippen molar-refractivity contribution in [3.05, 3.63) is 71.2 Å². The lowest BCUT2D eigenvalue weighted by molar-refractivity contribution is 0.0431. The standard InChI is InChI=1S/C18H15FN2O5/c1-11-13(9-20-21(11)15-6-4-3-5-14(15)19)18(23)26-10-16-12(7-8-25-16)17(22)24-2/h3-9H,10H2,1-2H3. The summed E-state index contributed by atoms with van der Waals surface area (Å²) in [6.45, 7) is 1.38. The van der Waals surface area contributed by atoms with Crippen LogP contribution in [0, 0.1) is 12.7 Å². The molecule has 26 heavy (non-hydrogen) atoms. The van der Waals surface area contributed by atoms with Gasteiger partial charge in [0.05, 0.1) is 25.3 Å². The molecule has 0 fully saturated rings. The lowest BCUT2D eigenvalue weighted by atomic mass is 10.2. The van der Waals surface area contributed by atoms with Crippen LogP contribution < -0.4 is 0 Å². The van der Waals surface area contributed by atoms with Crippen LogP contribution in [0.15, 0.2) is 47.2 Å². The molecule has 8 heteroatoms. The first-order chi connectivity index (χ1) is 12.5. The first kappa shape index (κ1) is 17.4. The number of furan rings is 1. The summed E-state index contributed by atoms with van der Waals surface area (Å²) in [7, 11) is 1.24. The molecule has 2 aromatic heterocycles. The van der Waals surface area contributed by atoms with Gasteiger partial charge in [0.15, 0.2) is 12.4 Å². The number of rotatable bonds is 5. The zero-order valence-electron chi connectivity index (χ0n) is 14.1. The Morgan fingerprint density at radius 2 is 1.96 bits per heavy atom. The van der Waals surface area contributed by atoms with Crippen molar-refractivity contribution in [1.82, 2.24) is 9.78 Å². The van der Waals surface area contributed by atoms with Crippen molar-refractivity contribution >= 4 is 11.9 Å². The predicted molar refractivity (Wildman–Crippen MR) is 87.4 cm³/mol. The number of carbonyl (C=O) groups is 2. The Balaban J connectivity index is 1.77. The molecule has 0 aliphatic carbocycles. The molecule has 0 aliphatic heterocycles. The summed E-state index contributed by atoms with van der Waals surface area (Å²) in [5, 5.41) is 4.05. The number of hydrogen-bond donors (Lipinski definition) is 0. The van der Waals surface area contributed by atoms with Crippen molar-refractivity contribution in [2.45, 2.75) is 13.5 Å². The van der Waals surface area contributed by atoms with Gasteiger partial charge in [-0.2, -0.15) is 5.10 Å². The van der Waals surface area contributed by atoms with Gasteiger partial charge in [-0.3, -0.25) is 0 Å². The van der Waals surface area contributed by atoms with Gasteiger partial charge in [-0.15, -0.1) is 0 Å². The molecule has 3 rings (SSSR count). The number of halogens is 1. The maximum atomic E-state index is 13.9. The second kappa shape index (κ2) is 7.22. The van der Waals surface area contributed by atoms with Gasteiger partial charge in [0.2, 0.25) is 0 Å². The van der Waals surface area contributed by atoms with Crippen LogP contribution in [0.2, 0.25) is 0 Å². The van der Waals surface area contributed by atoms with E-state index in [0.29, 0.717) is 5.69 Å². The minimum absolute atomic E-state index is 0.171.